The maximum Gasteiger partial charge on any atom is 0.260 e. The van der Waals surface area contributed by atoms with E-state index < -0.39 is 5.82 Å². The molecule has 6 nitrogen and oxygen atoms in total. The first-order chi connectivity index (χ1) is 14.5. The molecule has 0 saturated heterocycles. The van der Waals surface area contributed by atoms with Crippen LogP contribution >= 0.6 is 0 Å². The molecule has 0 unspecified atom stereocenters. The highest BCUT2D eigenvalue weighted by Gasteiger charge is 2.32. The van der Waals surface area contributed by atoms with Crippen LogP contribution < -0.4 is 10.6 Å². The SMILES string of the molecule is CCN(CC)CCNC(=O)c1ccc2c(c1)COC2=C1C(=O)Nc2cc(F)ccc21. The van der Waals surface area contributed by atoms with E-state index in [1.54, 1.807) is 24.3 Å². The number of hydrogen-bond acceptors (Lipinski definition) is 4. The maximum absolute atomic E-state index is 13.5. The highest BCUT2D eigenvalue weighted by Crippen LogP contribution is 2.41. The molecule has 0 spiro atoms. The number of nitrogens with one attached hydrogen (secondary N) is 2. The summed E-state index contributed by atoms with van der Waals surface area (Å²) in [5.74, 6) is -0.409. The number of benzene rings is 2. The zero-order valence-electron chi connectivity index (χ0n) is 17.0. The van der Waals surface area contributed by atoms with Crippen LogP contribution in [0.4, 0.5) is 10.1 Å². The van der Waals surface area contributed by atoms with Crippen LogP contribution in [-0.4, -0.2) is 42.9 Å². The normalized spacial score (nSPS) is 16.9. The van der Waals surface area contributed by atoms with Gasteiger partial charge in [-0.2, -0.15) is 0 Å². The number of halogens is 1. The van der Waals surface area contributed by atoms with Gasteiger partial charge < -0.3 is 20.3 Å². The number of carbonyl (C=O) groups excluding carboxylic acids is 2. The monoisotopic (exact) mass is 409 g/mol. The molecule has 0 bridgehead atoms. The molecule has 7 heteroatoms. The van der Waals surface area contributed by atoms with E-state index in [2.05, 4.69) is 29.4 Å². The Kier molecular flexibility index (Phi) is 5.55. The molecule has 0 aliphatic carbocycles. The van der Waals surface area contributed by atoms with Crippen molar-refractivity contribution in [3.05, 3.63) is 64.5 Å². The number of hydrogen-bond donors (Lipinski definition) is 2. The van der Waals surface area contributed by atoms with E-state index >= 15 is 0 Å². The molecule has 156 valence electrons. The maximum atomic E-state index is 13.5. The van der Waals surface area contributed by atoms with Gasteiger partial charge in [-0.1, -0.05) is 19.9 Å². The summed E-state index contributed by atoms with van der Waals surface area (Å²) in [7, 11) is 0. The van der Waals surface area contributed by atoms with Gasteiger partial charge in [0, 0.05) is 35.3 Å². The molecule has 4 rings (SSSR count). The molecule has 0 fully saturated rings. The van der Waals surface area contributed by atoms with Crippen LogP contribution in [0, 0.1) is 5.82 Å². The Morgan fingerprint density at radius 3 is 2.70 bits per heavy atom. The Morgan fingerprint density at radius 1 is 1.17 bits per heavy atom. The van der Waals surface area contributed by atoms with Crippen LogP contribution in [0.3, 0.4) is 0 Å². The third-order valence-electron chi connectivity index (χ3n) is 5.55. The molecule has 0 saturated carbocycles. The second-order valence-electron chi connectivity index (χ2n) is 7.29. The van der Waals surface area contributed by atoms with Crippen molar-refractivity contribution in [2.24, 2.45) is 0 Å². The Hall–Kier alpha value is -3.19. The standard InChI is InChI=1S/C23H24FN3O3/c1-3-27(4-2)10-9-25-22(28)14-5-7-17-15(11-14)13-30-21(17)20-18-8-6-16(24)12-19(18)26-23(20)29/h5-8,11-12H,3-4,9-10,13H2,1-2H3,(H,25,28)(H,26,29). The molecular formula is C23H24FN3O3. The second kappa shape index (κ2) is 8.28. The van der Waals surface area contributed by atoms with Crippen LogP contribution in [-0.2, 0) is 16.1 Å². The van der Waals surface area contributed by atoms with Gasteiger partial charge in [0.25, 0.3) is 11.8 Å². The summed E-state index contributed by atoms with van der Waals surface area (Å²) in [4.78, 5) is 27.2. The molecule has 2 aliphatic rings. The number of nitrogens with zero attached hydrogens (tertiary/aromatic N) is 1. The van der Waals surface area contributed by atoms with Crippen molar-refractivity contribution in [2.45, 2.75) is 20.5 Å². The van der Waals surface area contributed by atoms with Crippen molar-refractivity contribution in [2.75, 3.05) is 31.5 Å². The van der Waals surface area contributed by atoms with E-state index in [9.17, 15) is 14.0 Å². The number of carbonyl (C=O) groups is 2. The molecule has 0 radical (unpaired) electrons. The van der Waals surface area contributed by atoms with Crippen LogP contribution in [0.15, 0.2) is 36.4 Å². The van der Waals surface area contributed by atoms with Crippen LogP contribution in [0.2, 0.25) is 0 Å². The Morgan fingerprint density at radius 2 is 1.93 bits per heavy atom. The van der Waals surface area contributed by atoms with Crippen LogP contribution in [0.25, 0.3) is 11.3 Å². The molecule has 2 heterocycles. The summed E-state index contributed by atoms with van der Waals surface area (Å²) in [6, 6.07) is 9.53. The van der Waals surface area contributed by atoms with E-state index in [1.165, 1.54) is 12.1 Å². The zero-order chi connectivity index (χ0) is 21.3. The van der Waals surface area contributed by atoms with Gasteiger partial charge in [0.1, 0.15) is 18.2 Å². The molecule has 2 amide bonds. The lowest BCUT2D eigenvalue weighted by Crippen LogP contribution is -2.34. The van der Waals surface area contributed by atoms with Crippen molar-refractivity contribution < 1.29 is 18.7 Å². The second-order valence-corrected chi connectivity index (χ2v) is 7.29. The largest absolute Gasteiger partial charge is 0.487 e. The van der Waals surface area contributed by atoms with Gasteiger partial charge in [-0.15, -0.1) is 0 Å². The highest BCUT2D eigenvalue weighted by atomic mass is 19.1. The average Bonchev–Trinajstić information content (AvgIpc) is 3.29. The van der Waals surface area contributed by atoms with E-state index in [-0.39, 0.29) is 18.4 Å². The number of rotatable bonds is 6. The molecule has 0 aromatic heterocycles. The lowest BCUT2D eigenvalue weighted by molar-refractivity contribution is -0.110. The van der Waals surface area contributed by atoms with Gasteiger partial charge in [-0.25, -0.2) is 4.39 Å². The van der Waals surface area contributed by atoms with Crippen molar-refractivity contribution in [3.8, 4) is 0 Å². The minimum atomic E-state index is -0.412. The third kappa shape index (κ3) is 3.68. The summed E-state index contributed by atoms with van der Waals surface area (Å²) in [6.45, 7) is 7.75. The van der Waals surface area contributed by atoms with Gasteiger partial charge in [0.05, 0.1) is 11.3 Å². The first kappa shape index (κ1) is 20.1. The Balaban J connectivity index is 1.56. The molecule has 2 aliphatic heterocycles. The number of anilines is 1. The number of amides is 2. The molecule has 30 heavy (non-hydrogen) atoms. The fourth-order valence-corrected chi connectivity index (χ4v) is 3.85. The molecule has 0 atom stereocenters. The third-order valence-corrected chi connectivity index (χ3v) is 5.55. The lowest BCUT2D eigenvalue weighted by atomic mass is 9.99. The zero-order valence-corrected chi connectivity index (χ0v) is 17.0. The van der Waals surface area contributed by atoms with Crippen LogP contribution in [0.1, 0.15) is 40.9 Å². The summed E-state index contributed by atoms with van der Waals surface area (Å²) >= 11 is 0. The van der Waals surface area contributed by atoms with Gasteiger partial charge >= 0.3 is 0 Å². The highest BCUT2D eigenvalue weighted by molar-refractivity contribution is 6.36. The van der Waals surface area contributed by atoms with Crippen molar-refractivity contribution in [1.82, 2.24) is 10.2 Å². The lowest BCUT2D eigenvalue weighted by Gasteiger charge is -2.18. The van der Waals surface area contributed by atoms with E-state index in [0.717, 1.165) is 30.8 Å². The number of likely N-dealkylation sites (N-methyl/N-ethyl adjacent to an activating group) is 1. The number of fused-ring (bicyclic) bond motifs is 2. The fourth-order valence-electron chi connectivity index (χ4n) is 3.85. The van der Waals surface area contributed by atoms with Gasteiger partial charge in [-0.05, 0) is 43.4 Å². The topological polar surface area (TPSA) is 70.7 Å². The molecule has 2 aromatic rings. The van der Waals surface area contributed by atoms with Crippen molar-refractivity contribution in [1.29, 1.82) is 0 Å². The quantitative estimate of drug-likeness (QED) is 0.719. The fraction of sp³-hybridized carbons (Fsp3) is 0.304. The average molecular weight is 409 g/mol. The molecular weight excluding hydrogens is 385 g/mol. The minimum Gasteiger partial charge on any atom is -0.487 e. The Bertz CT molecular complexity index is 1040. The van der Waals surface area contributed by atoms with Crippen molar-refractivity contribution in [3.63, 3.8) is 0 Å². The van der Waals surface area contributed by atoms with E-state index in [4.69, 9.17) is 4.74 Å². The predicted octanol–water partition coefficient (Wildman–Crippen LogP) is 3.25. The molecule has 2 aromatic carbocycles. The predicted molar refractivity (Wildman–Crippen MR) is 113 cm³/mol. The molecule has 2 N–H and O–H groups in total. The van der Waals surface area contributed by atoms with Gasteiger partial charge in [-0.3, -0.25) is 9.59 Å². The van der Waals surface area contributed by atoms with E-state index in [1.807, 2.05) is 0 Å². The van der Waals surface area contributed by atoms with Crippen molar-refractivity contribution >= 4 is 28.8 Å². The first-order valence-electron chi connectivity index (χ1n) is 10.1. The summed E-state index contributed by atoms with van der Waals surface area (Å²) < 4.78 is 19.3. The minimum absolute atomic E-state index is 0.134. The summed E-state index contributed by atoms with van der Waals surface area (Å²) in [5, 5.41) is 5.63. The van der Waals surface area contributed by atoms with E-state index in [0.29, 0.717) is 34.7 Å². The van der Waals surface area contributed by atoms with Gasteiger partial charge in [0.2, 0.25) is 0 Å². The number of ether oxygens (including phenoxy) is 1. The Labute approximate surface area is 174 Å². The van der Waals surface area contributed by atoms with Gasteiger partial charge in [0.15, 0.2) is 0 Å². The first-order valence-corrected chi connectivity index (χ1v) is 10.1. The van der Waals surface area contributed by atoms with Crippen LogP contribution in [0.5, 0.6) is 0 Å². The summed E-state index contributed by atoms with van der Waals surface area (Å²) in [5.41, 5.74) is 3.61. The smallest absolute Gasteiger partial charge is 0.260 e. The summed E-state index contributed by atoms with van der Waals surface area (Å²) in [6.07, 6.45) is 0.